The van der Waals surface area contributed by atoms with Gasteiger partial charge >= 0.3 is 0 Å². The van der Waals surface area contributed by atoms with E-state index in [1.165, 1.54) is 17.7 Å². The first-order chi connectivity index (χ1) is 10.8. The number of benzene rings is 1. The van der Waals surface area contributed by atoms with Crippen molar-refractivity contribution in [3.8, 4) is 0 Å². The highest BCUT2D eigenvalue weighted by molar-refractivity contribution is 5.65. The second-order valence-electron chi connectivity index (χ2n) is 7.95. The van der Waals surface area contributed by atoms with Gasteiger partial charge in [0, 0.05) is 35.6 Å². The number of para-hydroxylation sites is 1. The topological polar surface area (TPSA) is 35.5 Å². The minimum Gasteiger partial charge on any atom is -0.392 e. The number of hydrogen-bond donors (Lipinski definition) is 2. The van der Waals surface area contributed by atoms with Crippen LogP contribution in [0.2, 0.25) is 0 Å². The van der Waals surface area contributed by atoms with Crippen molar-refractivity contribution in [3.05, 3.63) is 41.5 Å². The lowest BCUT2D eigenvalue weighted by molar-refractivity contribution is -0.0318. The summed E-state index contributed by atoms with van der Waals surface area (Å²) in [7, 11) is 0. The number of hydrogen-bond acceptors (Lipinski definition) is 3. The number of nitrogens with one attached hydrogen (secondary N) is 1. The SMILES string of the molecule is CC=C1CN2[C@H]3C[C@@]45c6ccccc6N[C@H]4[C@@H]2C[C@@H]1[C@@H]3[C@H]5O. The molecule has 5 aliphatic heterocycles. The van der Waals surface area contributed by atoms with Crippen LogP contribution in [0.15, 0.2) is 35.9 Å². The minimum absolute atomic E-state index is 0.0367. The van der Waals surface area contributed by atoms with E-state index in [0.717, 1.165) is 13.0 Å². The van der Waals surface area contributed by atoms with Crippen LogP contribution in [-0.4, -0.2) is 40.8 Å². The number of anilines is 1. The summed E-state index contributed by atoms with van der Waals surface area (Å²) in [5.41, 5.74) is 4.18. The zero-order valence-corrected chi connectivity index (χ0v) is 12.9. The second kappa shape index (κ2) is 3.60. The van der Waals surface area contributed by atoms with Crippen LogP contribution in [0.1, 0.15) is 25.3 Å². The van der Waals surface area contributed by atoms with Crippen LogP contribution in [0.3, 0.4) is 0 Å². The van der Waals surface area contributed by atoms with E-state index in [1.807, 2.05) is 0 Å². The molecule has 114 valence electrons. The molecule has 5 heterocycles. The Bertz CT molecular complexity index is 713. The lowest BCUT2D eigenvalue weighted by Crippen LogP contribution is -2.66. The first-order valence-corrected chi connectivity index (χ1v) is 8.70. The Hall–Kier alpha value is -1.32. The van der Waals surface area contributed by atoms with Gasteiger partial charge in [-0.3, -0.25) is 4.90 Å². The van der Waals surface area contributed by atoms with Gasteiger partial charge in [-0.1, -0.05) is 29.8 Å². The molecule has 1 unspecified atom stereocenters. The maximum absolute atomic E-state index is 11.4. The molecule has 1 aromatic carbocycles. The summed E-state index contributed by atoms with van der Waals surface area (Å²) in [6.45, 7) is 3.30. The van der Waals surface area contributed by atoms with Gasteiger partial charge in [0.2, 0.25) is 0 Å². The molecule has 1 aliphatic carbocycles. The summed E-state index contributed by atoms with van der Waals surface area (Å²) in [5, 5.41) is 15.2. The summed E-state index contributed by atoms with van der Waals surface area (Å²) in [4.78, 5) is 2.72. The van der Waals surface area contributed by atoms with E-state index in [2.05, 4.69) is 47.5 Å². The van der Waals surface area contributed by atoms with Crippen molar-refractivity contribution >= 4 is 5.69 Å². The van der Waals surface area contributed by atoms with Gasteiger partial charge in [0.15, 0.2) is 0 Å². The predicted molar refractivity (Wildman–Crippen MR) is 85.8 cm³/mol. The predicted octanol–water partition coefficient (Wildman–Crippen LogP) is 2.13. The zero-order valence-electron chi connectivity index (χ0n) is 12.9. The van der Waals surface area contributed by atoms with Crippen LogP contribution in [0.25, 0.3) is 0 Å². The number of allylic oxidation sites excluding steroid dienone is 1. The third kappa shape index (κ3) is 1.05. The fourth-order valence-electron chi connectivity index (χ4n) is 6.87. The van der Waals surface area contributed by atoms with Crippen LogP contribution < -0.4 is 5.32 Å². The van der Waals surface area contributed by atoms with Crippen LogP contribution >= 0.6 is 0 Å². The molecule has 5 fully saturated rings. The molecule has 3 heteroatoms. The summed E-state index contributed by atoms with van der Waals surface area (Å²) in [6.07, 6.45) is 4.47. The second-order valence-corrected chi connectivity index (χ2v) is 7.95. The van der Waals surface area contributed by atoms with Gasteiger partial charge < -0.3 is 10.4 Å². The highest BCUT2D eigenvalue weighted by Gasteiger charge is 2.73. The molecule has 1 saturated carbocycles. The van der Waals surface area contributed by atoms with Crippen molar-refractivity contribution in [1.82, 2.24) is 4.90 Å². The van der Waals surface area contributed by atoms with E-state index in [4.69, 9.17) is 0 Å². The van der Waals surface area contributed by atoms with Gasteiger partial charge in [-0.05, 0) is 37.3 Å². The molecular weight excluding hydrogens is 272 g/mol. The zero-order chi connectivity index (χ0) is 14.6. The molecule has 3 nitrogen and oxygen atoms in total. The van der Waals surface area contributed by atoms with E-state index >= 15 is 0 Å². The molecule has 5 bridgehead atoms. The Morgan fingerprint density at radius 2 is 2.18 bits per heavy atom. The van der Waals surface area contributed by atoms with Crippen molar-refractivity contribution in [2.75, 3.05) is 11.9 Å². The molecule has 7 rings (SSSR count). The number of fused-ring (bicyclic) bond motifs is 2. The molecule has 22 heavy (non-hydrogen) atoms. The van der Waals surface area contributed by atoms with E-state index in [9.17, 15) is 5.11 Å². The van der Waals surface area contributed by atoms with Crippen molar-refractivity contribution in [3.63, 3.8) is 0 Å². The van der Waals surface area contributed by atoms with Gasteiger partial charge in [-0.15, -0.1) is 0 Å². The maximum Gasteiger partial charge on any atom is 0.0707 e. The number of aliphatic hydroxyl groups is 1. The first kappa shape index (κ1) is 12.1. The molecule has 1 spiro atoms. The van der Waals surface area contributed by atoms with Crippen LogP contribution in [0.5, 0.6) is 0 Å². The molecule has 1 aromatic rings. The van der Waals surface area contributed by atoms with Gasteiger partial charge in [0.05, 0.1) is 12.1 Å². The van der Waals surface area contributed by atoms with Crippen molar-refractivity contribution < 1.29 is 5.11 Å². The molecule has 0 aromatic heterocycles. The minimum atomic E-state index is -0.200. The summed E-state index contributed by atoms with van der Waals surface area (Å²) in [6, 6.07) is 10.3. The van der Waals surface area contributed by atoms with E-state index in [1.54, 1.807) is 5.57 Å². The maximum atomic E-state index is 11.4. The van der Waals surface area contributed by atoms with Crippen molar-refractivity contribution in [2.45, 2.75) is 49.4 Å². The molecule has 0 amide bonds. The van der Waals surface area contributed by atoms with Crippen LogP contribution in [-0.2, 0) is 5.41 Å². The van der Waals surface area contributed by atoms with E-state index < -0.39 is 0 Å². The Kier molecular flexibility index (Phi) is 1.99. The molecule has 2 N–H and O–H groups in total. The van der Waals surface area contributed by atoms with Crippen molar-refractivity contribution in [1.29, 1.82) is 0 Å². The van der Waals surface area contributed by atoms with Gasteiger partial charge in [-0.25, -0.2) is 0 Å². The Balaban J connectivity index is 1.60. The fourth-order valence-corrected chi connectivity index (χ4v) is 6.87. The lowest BCUT2D eigenvalue weighted by Gasteiger charge is -2.57. The van der Waals surface area contributed by atoms with Crippen LogP contribution in [0, 0.1) is 11.8 Å². The third-order valence-corrected chi connectivity index (χ3v) is 7.59. The smallest absolute Gasteiger partial charge is 0.0707 e. The third-order valence-electron chi connectivity index (χ3n) is 7.59. The standard InChI is InChI=1S/C19H22N2O/c1-2-10-9-21-14-7-11(10)16-15(21)8-19(18(16)22)12-5-3-4-6-13(12)20-17(14)19/h2-6,11,14-18,20,22H,7-9H2,1H3/t11-,14-,15-,16-,17-,18+,19+/m0/s1. The Labute approximate surface area is 131 Å². The Morgan fingerprint density at radius 1 is 1.32 bits per heavy atom. The fraction of sp³-hybridized carbons (Fsp3) is 0.579. The molecule has 6 aliphatic rings. The highest BCUT2D eigenvalue weighted by atomic mass is 16.3. The van der Waals surface area contributed by atoms with E-state index in [-0.39, 0.29) is 11.5 Å². The molecular formula is C19H22N2O. The quantitative estimate of drug-likeness (QED) is 0.720. The average Bonchev–Trinajstić information content (AvgIpc) is 3.02. The number of piperidine rings is 4. The normalized spacial score (nSPS) is 54.5. The summed E-state index contributed by atoms with van der Waals surface area (Å²) in [5.74, 6) is 1.05. The van der Waals surface area contributed by atoms with Gasteiger partial charge in [-0.2, -0.15) is 0 Å². The summed E-state index contributed by atoms with van der Waals surface area (Å²) >= 11 is 0. The molecule has 8 atom stereocenters. The van der Waals surface area contributed by atoms with Gasteiger partial charge in [0.25, 0.3) is 0 Å². The molecule has 0 radical (unpaired) electrons. The van der Waals surface area contributed by atoms with Gasteiger partial charge in [0.1, 0.15) is 0 Å². The number of rotatable bonds is 0. The van der Waals surface area contributed by atoms with Crippen molar-refractivity contribution in [2.24, 2.45) is 11.8 Å². The largest absolute Gasteiger partial charge is 0.392 e. The number of nitrogens with zero attached hydrogens (tertiary/aromatic N) is 1. The summed E-state index contributed by atoms with van der Waals surface area (Å²) < 4.78 is 0. The number of aliphatic hydroxyl groups excluding tert-OH is 1. The highest BCUT2D eigenvalue weighted by Crippen LogP contribution is 2.66. The average molecular weight is 294 g/mol. The lowest BCUT2D eigenvalue weighted by atomic mass is 9.65. The Morgan fingerprint density at radius 3 is 3.05 bits per heavy atom. The first-order valence-electron chi connectivity index (χ1n) is 8.70. The van der Waals surface area contributed by atoms with E-state index in [0.29, 0.717) is 30.0 Å². The monoisotopic (exact) mass is 294 g/mol. The molecule has 4 saturated heterocycles. The van der Waals surface area contributed by atoms with Crippen LogP contribution in [0.4, 0.5) is 5.69 Å².